The monoisotopic (exact) mass is 178 g/mol. The fourth-order valence-corrected chi connectivity index (χ4v) is 2.00. The Hall–Kier alpha value is -0.890. The van der Waals surface area contributed by atoms with Gasteiger partial charge in [-0.2, -0.15) is 0 Å². The van der Waals surface area contributed by atoms with Crippen LogP contribution in [0.25, 0.3) is 0 Å². The number of ketones is 1. The lowest BCUT2D eigenvalue weighted by Gasteiger charge is -2.19. The van der Waals surface area contributed by atoms with Crippen molar-refractivity contribution in [3.8, 4) is 0 Å². The summed E-state index contributed by atoms with van der Waals surface area (Å²) in [5.74, 6) is 0.118. The third-order valence-electron chi connectivity index (χ3n) is 2.66. The Kier molecular flexibility index (Phi) is 2.32. The van der Waals surface area contributed by atoms with Gasteiger partial charge in [0.1, 0.15) is 0 Å². The highest BCUT2D eigenvalue weighted by molar-refractivity contribution is 6.04. The molecule has 2 bridgehead atoms. The molecule has 70 valence electrons. The minimum absolute atomic E-state index is 0.0856. The van der Waals surface area contributed by atoms with E-state index >= 15 is 0 Å². The molecule has 0 aromatic heterocycles. The molecule has 13 heavy (non-hydrogen) atoms. The van der Waals surface area contributed by atoms with Crippen LogP contribution in [0.3, 0.4) is 0 Å². The maximum absolute atomic E-state index is 11.6. The average molecular weight is 178 g/mol. The number of rotatable bonds is 2. The van der Waals surface area contributed by atoms with E-state index in [0.717, 1.165) is 24.8 Å². The number of fused-ring (bicyclic) bond motifs is 2. The lowest BCUT2D eigenvalue weighted by molar-refractivity contribution is -0.112. The zero-order valence-electron chi connectivity index (χ0n) is 7.82. The number of carbonyl (C=O) groups is 1. The lowest BCUT2D eigenvalue weighted by Crippen LogP contribution is -2.22. The summed E-state index contributed by atoms with van der Waals surface area (Å²) in [5.41, 5.74) is 0.867. The van der Waals surface area contributed by atoms with E-state index in [2.05, 4.69) is 0 Å². The number of carbonyl (C=O) groups excluding carboxylic acids is 1. The van der Waals surface area contributed by atoms with Gasteiger partial charge in [-0.25, -0.2) is 0 Å². The van der Waals surface area contributed by atoms with Gasteiger partial charge in [-0.15, -0.1) is 0 Å². The van der Waals surface area contributed by atoms with Crippen LogP contribution in [0.1, 0.15) is 26.2 Å². The molecule has 0 aromatic carbocycles. The van der Waals surface area contributed by atoms with E-state index in [0.29, 0.717) is 6.10 Å². The van der Waals surface area contributed by atoms with Gasteiger partial charge in [-0.1, -0.05) is 12.2 Å². The first-order valence-electron chi connectivity index (χ1n) is 4.84. The molecular weight excluding hydrogens is 164 g/mol. The quantitative estimate of drug-likeness (QED) is 0.604. The zero-order chi connectivity index (χ0) is 9.26. The Balaban J connectivity index is 2.15. The lowest BCUT2D eigenvalue weighted by atomic mass is 10.0. The van der Waals surface area contributed by atoms with Gasteiger partial charge in [-0.05, 0) is 32.3 Å². The zero-order valence-corrected chi connectivity index (χ0v) is 7.82. The first kappa shape index (κ1) is 8.70. The topological polar surface area (TPSA) is 26.3 Å². The molecule has 0 aliphatic carbocycles. The predicted octanol–water partition coefficient (Wildman–Crippen LogP) is 2.01. The minimum Gasteiger partial charge on any atom is -0.370 e. The van der Waals surface area contributed by atoms with Crippen LogP contribution in [-0.2, 0) is 9.53 Å². The number of ether oxygens (including phenoxy) is 1. The van der Waals surface area contributed by atoms with Crippen LogP contribution in [-0.4, -0.2) is 18.0 Å². The second-order valence-electron chi connectivity index (χ2n) is 3.58. The number of allylic oxidation sites excluding steroid dienone is 2. The molecule has 0 unspecified atom stereocenters. The van der Waals surface area contributed by atoms with Crippen molar-refractivity contribution in [1.82, 2.24) is 0 Å². The Morgan fingerprint density at radius 1 is 1.62 bits per heavy atom. The van der Waals surface area contributed by atoms with Gasteiger partial charge >= 0.3 is 0 Å². The molecule has 1 fully saturated rings. The van der Waals surface area contributed by atoms with E-state index in [-0.39, 0.29) is 11.9 Å². The predicted molar refractivity (Wildman–Crippen MR) is 50.4 cm³/mol. The molecule has 2 heteroatoms. The molecule has 2 rings (SSSR count). The molecule has 1 saturated heterocycles. The largest absolute Gasteiger partial charge is 0.370 e. The van der Waals surface area contributed by atoms with Gasteiger partial charge in [0.15, 0.2) is 5.78 Å². The van der Waals surface area contributed by atoms with E-state index in [1.807, 2.05) is 13.0 Å². The maximum atomic E-state index is 11.6. The highest BCUT2D eigenvalue weighted by Gasteiger charge is 2.33. The van der Waals surface area contributed by atoms with E-state index < -0.39 is 0 Å². The van der Waals surface area contributed by atoms with Crippen molar-refractivity contribution < 1.29 is 9.53 Å². The molecule has 2 atom stereocenters. The van der Waals surface area contributed by atoms with Crippen LogP contribution in [0.5, 0.6) is 0 Å². The Morgan fingerprint density at radius 2 is 2.46 bits per heavy atom. The van der Waals surface area contributed by atoms with Crippen molar-refractivity contribution in [3.05, 3.63) is 23.8 Å². The number of hydrogen-bond acceptors (Lipinski definition) is 2. The average Bonchev–Trinajstić information content (AvgIpc) is 2.48. The second-order valence-corrected chi connectivity index (χ2v) is 3.58. The summed E-state index contributed by atoms with van der Waals surface area (Å²) in [6, 6.07) is 0. The van der Waals surface area contributed by atoms with E-state index in [1.54, 1.807) is 12.2 Å². The van der Waals surface area contributed by atoms with Crippen molar-refractivity contribution in [3.63, 3.8) is 0 Å². The van der Waals surface area contributed by atoms with Crippen LogP contribution in [0, 0.1) is 0 Å². The van der Waals surface area contributed by atoms with Crippen molar-refractivity contribution in [2.45, 2.75) is 38.4 Å². The van der Waals surface area contributed by atoms with Gasteiger partial charge in [-0.3, -0.25) is 4.79 Å². The van der Waals surface area contributed by atoms with Crippen LogP contribution >= 0.6 is 0 Å². The fraction of sp³-hybridized carbons (Fsp3) is 0.545. The van der Waals surface area contributed by atoms with Gasteiger partial charge in [0.05, 0.1) is 12.2 Å². The molecule has 0 spiro atoms. The summed E-state index contributed by atoms with van der Waals surface area (Å²) in [6.45, 7) is 1.86. The molecule has 0 radical (unpaired) electrons. The molecule has 0 N–H and O–H groups in total. The van der Waals surface area contributed by atoms with Crippen molar-refractivity contribution in [1.29, 1.82) is 0 Å². The van der Waals surface area contributed by atoms with Crippen LogP contribution in [0.15, 0.2) is 23.8 Å². The van der Waals surface area contributed by atoms with Gasteiger partial charge in [0.25, 0.3) is 0 Å². The summed E-state index contributed by atoms with van der Waals surface area (Å²) < 4.78 is 5.65. The van der Waals surface area contributed by atoms with E-state index in [4.69, 9.17) is 4.74 Å². The molecule has 0 saturated carbocycles. The molecule has 0 amide bonds. The van der Waals surface area contributed by atoms with Gasteiger partial charge in [0, 0.05) is 5.57 Å². The van der Waals surface area contributed by atoms with Crippen LogP contribution in [0.2, 0.25) is 0 Å². The molecule has 2 aliphatic rings. The summed E-state index contributed by atoms with van der Waals surface area (Å²) in [6.07, 6.45) is 8.95. The van der Waals surface area contributed by atoms with Crippen molar-refractivity contribution >= 4 is 5.78 Å². The maximum Gasteiger partial charge on any atom is 0.183 e. The first-order valence-corrected chi connectivity index (χ1v) is 4.84. The Bertz CT molecular complexity index is 276. The summed E-state index contributed by atoms with van der Waals surface area (Å²) in [4.78, 5) is 11.6. The van der Waals surface area contributed by atoms with Crippen molar-refractivity contribution in [2.24, 2.45) is 0 Å². The SMILES string of the molecule is C/C=C/C(=O)C1=CC[C@@H]2CC[C@H]1O2. The molecule has 2 nitrogen and oxygen atoms in total. The highest BCUT2D eigenvalue weighted by Crippen LogP contribution is 2.32. The first-order chi connectivity index (χ1) is 6.31. The van der Waals surface area contributed by atoms with Crippen LogP contribution in [0.4, 0.5) is 0 Å². The molecular formula is C11H14O2. The normalized spacial score (nSPS) is 32.2. The smallest absolute Gasteiger partial charge is 0.183 e. The van der Waals surface area contributed by atoms with Gasteiger partial charge in [0.2, 0.25) is 0 Å². The molecule has 0 aromatic rings. The summed E-state index contributed by atoms with van der Waals surface area (Å²) in [5, 5.41) is 0. The summed E-state index contributed by atoms with van der Waals surface area (Å²) in [7, 11) is 0. The fourth-order valence-electron chi connectivity index (χ4n) is 2.00. The summed E-state index contributed by atoms with van der Waals surface area (Å²) >= 11 is 0. The Labute approximate surface area is 78.3 Å². The van der Waals surface area contributed by atoms with E-state index in [9.17, 15) is 4.79 Å². The number of hydrogen-bond donors (Lipinski definition) is 0. The minimum atomic E-state index is 0.0856. The third kappa shape index (κ3) is 1.59. The van der Waals surface area contributed by atoms with Crippen molar-refractivity contribution in [2.75, 3.05) is 0 Å². The van der Waals surface area contributed by atoms with Crippen LogP contribution < -0.4 is 0 Å². The second kappa shape index (κ2) is 3.46. The highest BCUT2D eigenvalue weighted by atomic mass is 16.5. The standard InChI is InChI=1S/C11H14O2/c1-2-3-10(12)9-6-4-8-5-7-11(9)13-8/h2-3,6,8,11H,4-5,7H2,1H3/b3-2+/t8-,11-/m1/s1. The molecule has 2 aliphatic heterocycles. The molecule has 2 heterocycles. The van der Waals surface area contributed by atoms with E-state index in [1.165, 1.54) is 0 Å². The van der Waals surface area contributed by atoms with Gasteiger partial charge < -0.3 is 4.74 Å². The Morgan fingerprint density at radius 3 is 3.23 bits per heavy atom. The third-order valence-corrected chi connectivity index (χ3v) is 2.66.